The molecule has 35 heavy (non-hydrogen) atoms. The third kappa shape index (κ3) is 9.29. The van der Waals surface area contributed by atoms with Crippen LogP contribution in [0.2, 0.25) is 0 Å². The molecule has 3 rings (SSSR count). The maximum absolute atomic E-state index is 10.7. The van der Waals surface area contributed by atoms with E-state index in [0.717, 1.165) is 12.0 Å². The second-order valence-electron chi connectivity index (χ2n) is 9.28. The van der Waals surface area contributed by atoms with Crippen molar-refractivity contribution in [2.24, 2.45) is 0 Å². The number of nitrogens with zero attached hydrogens (tertiary/aromatic N) is 1. The minimum atomic E-state index is -0.830. The number of benzene rings is 3. The molecule has 0 aliphatic carbocycles. The number of nitrogens with one attached hydrogen (secondary N) is 1. The van der Waals surface area contributed by atoms with Crippen molar-refractivity contribution in [2.75, 3.05) is 13.2 Å². The molecule has 0 fully saturated rings. The number of rotatable bonds is 12. The van der Waals surface area contributed by atoms with Crippen LogP contribution in [-0.4, -0.2) is 70.5 Å². The van der Waals surface area contributed by atoms with Gasteiger partial charge in [-0.3, -0.25) is 4.79 Å². The van der Waals surface area contributed by atoms with E-state index in [0.29, 0.717) is 30.7 Å². The fourth-order valence-corrected chi connectivity index (χ4v) is 3.95. The number of aliphatic hydroxyl groups is 1. The van der Waals surface area contributed by atoms with Crippen LogP contribution in [0, 0.1) is 11.3 Å². The molecule has 0 bridgehead atoms. The second-order valence-corrected chi connectivity index (χ2v) is 9.28. The summed E-state index contributed by atoms with van der Waals surface area (Å²) in [5, 5.41) is 34.5. The van der Waals surface area contributed by atoms with Crippen molar-refractivity contribution in [1.29, 1.82) is 5.26 Å². The number of carbonyl (C=O) groups is 1. The van der Waals surface area contributed by atoms with Crippen LogP contribution in [0.25, 0.3) is 10.8 Å². The molecular formula is C28H33N2NaO4. The molecule has 3 aromatic carbocycles. The van der Waals surface area contributed by atoms with Gasteiger partial charge in [-0.05, 0) is 67.1 Å². The number of carboxylic acid groups (broad SMARTS) is 1. The first-order valence-electron chi connectivity index (χ1n) is 11.5. The summed E-state index contributed by atoms with van der Waals surface area (Å²) in [6.07, 6.45) is 1.27. The molecule has 3 N–H and O–H groups in total. The Kier molecular flexibility index (Phi) is 11.2. The first-order valence-corrected chi connectivity index (χ1v) is 11.5. The van der Waals surface area contributed by atoms with Crippen LogP contribution < -0.4 is 10.1 Å². The van der Waals surface area contributed by atoms with Crippen LogP contribution in [0.3, 0.4) is 0 Å². The number of β-amino-alcohol motifs (C(OH)–C–C–N with tert-alkyl or cyclic N) is 1. The monoisotopic (exact) mass is 484 g/mol. The van der Waals surface area contributed by atoms with Crippen molar-refractivity contribution in [1.82, 2.24) is 5.32 Å². The first kappa shape index (κ1) is 28.8. The van der Waals surface area contributed by atoms with Gasteiger partial charge in [0, 0.05) is 18.5 Å². The predicted molar refractivity (Wildman–Crippen MR) is 140 cm³/mol. The molecule has 0 saturated heterocycles. The van der Waals surface area contributed by atoms with E-state index in [-0.39, 0.29) is 48.1 Å². The molecule has 180 valence electrons. The average molecular weight is 485 g/mol. The summed E-state index contributed by atoms with van der Waals surface area (Å²) in [5.41, 5.74) is 2.27. The summed E-state index contributed by atoms with van der Waals surface area (Å²) >= 11 is 0. The topological polar surface area (TPSA) is 103 Å². The molecule has 1 atom stereocenters. The summed E-state index contributed by atoms with van der Waals surface area (Å²) in [4.78, 5) is 10.7. The molecule has 3 aromatic rings. The number of hydrogen-bond acceptors (Lipinski definition) is 5. The second kappa shape index (κ2) is 13.6. The predicted octanol–water partition coefficient (Wildman–Crippen LogP) is 3.82. The van der Waals surface area contributed by atoms with Crippen molar-refractivity contribution >= 4 is 46.3 Å². The molecule has 0 aromatic heterocycles. The van der Waals surface area contributed by atoms with E-state index in [4.69, 9.17) is 9.84 Å². The van der Waals surface area contributed by atoms with Gasteiger partial charge in [0.05, 0.1) is 5.56 Å². The first-order chi connectivity index (χ1) is 16.3. The van der Waals surface area contributed by atoms with Crippen molar-refractivity contribution in [2.45, 2.75) is 51.2 Å². The molecule has 0 radical (unpaired) electrons. The summed E-state index contributed by atoms with van der Waals surface area (Å²) in [7, 11) is 0. The molecular weight excluding hydrogens is 451 g/mol. The molecule has 0 saturated carbocycles. The Morgan fingerprint density at radius 2 is 1.80 bits per heavy atom. The van der Waals surface area contributed by atoms with E-state index in [1.807, 2.05) is 18.2 Å². The van der Waals surface area contributed by atoms with Crippen LogP contribution in [0.15, 0.2) is 60.7 Å². The number of carboxylic acids is 1. The van der Waals surface area contributed by atoms with Crippen LogP contribution in [-0.2, 0) is 17.6 Å². The van der Waals surface area contributed by atoms with Crippen molar-refractivity contribution in [3.05, 3.63) is 77.4 Å². The zero-order valence-electron chi connectivity index (χ0n) is 19.8. The average Bonchev–Trinajstić information content (AvgIpc) is 2.81. The van der Waals surface area contributed by atoms with Crippen LogP contribution in [0.4, 0.5) is 0 Å². The number of aliphatic hydroxyl groups excluding tert-OH is 1. The maximum atomic E-state index is 10.7. The fraction of sp³-hybridized carbons (Fsp3) is 0.357. The van der Waals surface area contributed by atoms with Gasteiger partial charge in [0.2, 0.25) is 0 Å². The number of ether oxygens (including phenoxy) is 1. The number of fused-ring (bicyclic) bond motifs is 1. The summed E-state index contributed by atoms with van der Waals surface area (Å²) in [5.74, 6) is -0.414. The number of aliphatic carboxylic acids is 1. The fourth-order valence-electron chi connectivity index (χ4n) is 3.95. The molecule has 0 amide bonds. The standard InChI is InChI=1S/C28H32N2O4.Na.H/c1-28(2,16-21-10-12-22-7-3-4-8-23(22)15-21)30-18-25(31)19-34-26-13-11-20(14-24(26)17-29)6-5-9-27(32)33;;/h3-4,7-8,10-15,25,30-31H,5-6,9,16,18-19H2,1-2H3,(H,32,33);;. The molecule has 6 nitrogen and oxygen atoms in total. The Morgan fingerprint density at radius 3 is 2.51 bits per heavy atom. The number of nitriles is 1. The van der Waals surface area contributed by atoms with E-state index in [2.05, 4.69) is 55.6 Å². The summed E-state index contributed by atoms with van der Waals surface area (Å²) < 4.78 is 5.71. The van der Waals surface area contributed by atoms with Gasteiger partial charge in [0.25, 0.3) is 0 Å². The van der Waals surface area contributed by atoms with Crippen LogP contribution in [0.5, 0.6) is 5.75 Å². The van der Waals surface area contributed by atoms with Gasteiger partial charge in [0.1, 0.15) is 24.5 Å². The molecule has 0 heterocycles. The van der Waals surface area contributed by atoms with Gasteiger partial charge >= 0.3 is 35.5 Å². The third-order valence-electron chi connectivity index (χ3n) is 5.73. The van der Waals surface area contributed by atoms with Gasteiger partial charge < -0.3 is 20.3 Å². The van der Waals surface area contributed by atoms with E-state index in [1.165, 1.54) is 16.3 Å². The molecule has 0 aliphatic rings. The Bertz CT molecular complexity index is 1170. The zero-order chi connectivity index (χ0) is 24.6. The molecule has 0 aliphatic heterocycles. The number of aryl methyl sites for hydroxylation is 1. The van der Waals surface area contributed by atoms with E-state index < -0.39 is 12.1 Å². The van der Waals surface area contributed by atoms with Crippen LogP contribution in [0.1, 0.15) is 43.4 Å². The van der Waals surface area contributed by atoms with Gasteiger partial charge in [0.15, 0.2) is 0 Å². The van der Waals surface area contributed by atoms with Crippen molar-refractivity contribution in [3.63, 3.8) is 0 Å². The van der Waals surface area contributed by atoms with E-state index in [9.17, 15) is 15.2 Å². The number of hydrogen-bond donors (Lipinski definition) is 3. The SMILES string of the molecule is CC(C)(Cc1ccc2ccccc2c1)NCC(O)COc1ccc(CCCC(=O)O)cc1C#N.[NaH]. The molecule has 7 heteroatoms. The Hall–Kier alpha value is -2.40. The van der Waals surface area contributed by atoms with Crippen molar-refractivity contribution in [3.8, 4) is 11.8 Å². The normalized spacial score (nSPS) is 11.9. The third-order valence-corrected chi connectivity index (χ3v) is 5.73. The van der Waals surface area contributed by atoms with Crippen LogP contribution >= 0.6 is 0 Å². The quantitative estimate of drug-likeness (QED) is 0.338. The van der Waals surface area contributed by atoms with Gasteiger partial charge in [-0.1, -0.05) is 48.5 Å². The van der Waals surface area contributed by atoms with Gasteiger partial charge in [-0.2, -0.15) is 5.26 Å². The van der Waals surface area contributed by atoms with Crippen molar-refractivity contribution < 1.29 is 19.7 Å². The molecule has 1 unspecified atom stereocenters. The Morgan fingerprint density at radius 1 is 1.09 bits per heavy atom. The van der Waals surface area contributed by atoms with Gasteiger partial charge in [-0.15, -0.1) is 0 Å². The van der Waals surface area contributed by atoms with Gasteiger partial charge in [-0.25, -0.2) is 0 Å². The minimum absolute atomic E-state index is 0. The van der Waals surface area contributed by atoms with E-state index in [1.54, 1.807) is 12.1 Å². The Balaban J connectivity index is 0.00000432. The zero-order valence-corrected chi connectivity index (χ0v) is 19.8. The molecule has 0 spiro atoms. The summed E-state index contributed by atoms with van der Waals surface area (Å²) in [6.45, 7) is 4.63. The Labute approximate surface area is 229 Å². The van der Waals surface area contributed by atoms with E-state index >= 15 is 0 Å². The summed E-state index contributed by atoms with van der Waals surface area (Å²) in [6, 6.07) is 22.1.